The fourth-order valence-corrected chi connectivity index (χ4v) is 3.55. The molecule has 1 N–H and O–H groups in total. The predicted octanol–water partition coefficient (Wildman–Crippen LogP) is 3.18. The third-order valence-electron chi connectivity index (χ3n) is 4.64. The van der Waals surface area contributed by atoms with Crippen LogP contribution in [0, 0.1) is 12.8 Å². The van der Waals surface area contributed by atoms with Crippen molar-refractivity contribution in [3.8, 4) is 0 Å². The molecule has 1 fully saturated rings. The van der Waals surface area contributed by atoms with Crippen LogP contribution in [0.25, 0.3) is 0 Å². The monoisotopic (exact) mass is 356 g/mol. The number of halogens is 1. The second-order valence-corrected chi connectivity index (χ2v) is 7.21. The van der Waals surface area contributed by atoms with Gasteiger partial charge >= 0.3 is 0 Å². The second kappa shape index (κ2) is 7.25. The van der Waals surface area contributed by atoms with Crippen molar-refractivity contribution in [3.05, 3.63) is 15.9 Å². The van der Waals surface area contributed by atoms with Crippen LogP contribution in [0.2, 0.25) is 0 Å². The molecule has 2 rings (SSSR count). The Morgan fingerprint density at radius 1 is 1.38 bits per heavy atom. The number of aromatic nitrogens is 2. The first kappa shape index (κ1) is 17.0. The molecule has 4 nitrogen and oxygen atoms in total. The van der Waals surface area contributed by atoms with Crippen LogP contribution in [-0.4, -0.2) is 39.9 Å². The first-order valence-corrected chi connectivity index (χ1v) is 8.96. The summed E-state index contributed by atoms with van der Waals surface area (Å²) < 4.78 is 3.32. The summed E-state index contributed by atoms with van der Waals surface area (Å²) in [6.07, 6.45) is 1.19. The van der Waals surface area contributed by atoms with Crippen LogP contribution < -0.4 is 5.32 Å². The van der Waals surface area contributed by atoms with E-state index in [-0.39, 0.29) is 0 Å². The van der Waals surface area contributed by atoms with Gasteiger partial charge in [-0.05, 0) is 42.1 Å². The summed E-state index contributed by atoms with van der Waals surface area (Å²) in [6.45, 7) is 15.3. The van der Waals surface area contributed by atoms with E-state index in [1.54, 1.807) is 0 Å². The van der Waals surface area contributed by atoms with Gasteiger partial charge in [-0.2, -0.15) is 5.10 Å². The first-order chi connectivity index (χ1) is 9.97. The Hall–Kier alpha value is -0.390. The lowest BCUT2D eigenvalue weighted by Gasteiger charge is -2.41. The zero-order chi connectivity index (χ0) is 15.6. The number of aryl methyl sites for hydroxylation is 2. The normalized spacial score (nSPS) is 24.0. The summed E-state index contributed by atoms with van der Waals surface area (Å²) in [6, 6.07) is 1.21. The molecule has 1 aromatic rings. The molecule has 0 radical (unpaired) electrons. The van der Waals surface area contributed by atoms with Crippen molar-refractivity contribution in [1.82, 2.24) is 20.0 Å². The highest BCUT2D eigenvalue weighted by Gasteiger charge is 2.29. The smallest absolute Gasteiger partial charge is 0.0739 e. The predicted molar refractivity (Wildman–Crippen MR) is 91.5 cm³/mol. The maximum atomic E-state index is 4.63. The van der Waals surface area contributed by atoms with Gasteiger partial charge in [-0.25, -0.2) is 0 Å². The molecule has 2 heterocycles. The lowest BCUT2D eigenvalue weighted by atomic mass is 9.98. The Bertz CT molecular complexity index is 469. The summed E-state index contributed by atoms with van der Waals surface area (Å²) >= 11 is 3.73. The summed E-state index contributed by atoms with van der Waals surface area (Å²) in [5, 5.41) is 8.33. The highest BCUT2D eigenvalue weighted by molar-refractivity contribution is 9.10. The lowest BCUT2D eigenvalue weighted by Crippen LogP contribution is -2.57. The second-order valence-electron chi connectivity index (χ2n) is 6.41. The van der Waals surface area contributed by atoms with Crippen LogP contribution >= 0.6 is 15.9 Å². The maximum absolute atomic E-state index is 4.63. The van der Waals surface area contributed by atoms with Crippen molar-refractivity contribution < 1.29 is 0 Å². The van der Waals surface area contributed by atoms with Gasteiger partial charge < -0.3 is 5.32 Å². The van der Waals surface area contributed by atoms with E-state index in [9.17, 15) is 0 Å². The van der Waals surface area contributed by atoms with Crippen LogP contribution in [-0.2, 0) is 13.1 Å². The van der Waals surface area contributed by atoms with E-state index < -0.39 is 0 Å². The molecule has 1 aliphatic heterocycles. The van der Waals surface area contributed by atoms with Gasteiger partial charge in [-0.3, -0.25) is 9.58 Å². The molecular weight excluding hydrogens is 328 g/mol. The fourth-order valence-electron chi connectivity index (χ4n) is 3.14. The summed E-state index contributed by atoms with van der Waals surface area (Å²) in [5.41, 5.74) is 2.41. The Labute approximate surface area is 137 Å². The molecule has 120 valence electrons. The number of piperazine rings is 1. The molecular formula is C16H29BrN4. The fraction of sp³-hybridized carbons (Fsp3) is 0.812. The van der Waals surface area contributed by atoms with E-state index in [2.05, 4.69) is 70.5 Å². The first-order valence-electron chi connectivity index (χ1n) is 8.17. The summed E-state index contributed by atoms with van der Waals surface area (Å²) in [7, 11) is 0. The van der Waals surface area contributed by atoms with Crippen LogP contribution in [0.4, 0.5) is 0 Å². The largest absolute Gasteiger partial charge is 0.311 e. The Morgan fingerprint density at radius 3 is 2.67 bits per heavy atom. The number of nitrogens with zero attached hydrogens (tertiary/aromatic N) is 3. The number of hydrogen-bond acceptors (Lipinski definition) is 3. The molecule has 0 saturated carbocycles. The van der Waals surface area contributed by atoms with E-state index in [0.717, 1.165) is 31.9 Å². The zero-order valence-electron chi connectivity index (χ0n) is 14.0. The average Bonchev–Trinajstić information content (AvgIpc) is 2.74. The van der Waals surface area contributed by atoms with E-state index in [4.69, 9.17) is 0 Å². The topological polar surface area (TPSA) is 33.1 Å². The van der Waals surface area contributed by atoms with Crippen molar-refractivity contribution in [2.75, 3.05) is 13.1 Å². The minimum Gasteiger partial charge on any atom is -0.311 e. The molecule has 1 aromatic heterocycles. The van der Waals surface area contributed by atoms with E-state index in [1.807, 2.05) is 0 Å². The zero-order valence-corrected chi connectivity index (χ0v) is 15.6. The molecule has 1 aliphatic rings. The summed E-state index contributed by atoms with van der Waals surface area (Å²) in [4.78, 5) is 2.63. The van der Waals surface area contributed by atoms with Gasteiger partial charge in [0.05, 0.1) is 15.9 Å². The molecule has 0 spiro atoms. The molecule has 0 bridgehead atoms. The van der Waals surface area contributed by atoms with Crippen molar-refractivity contribution in [2.45, 2.75) is 66.2 Å². The molecule has 2 unspecified atom stereocenters. The number of nitrogens with one attached hydrogen (secondary N) is 1. The van der Waals surface area contributed by atoms with Crippen LogP contribution in [0.1, 0.15) is 45.5 Å². The van der Waals surface area contributed by atoms with Crippen molar-refractivity contribution in [1.29, 1.82) is 0 Å². The highest BCUT2D eigenvalue weighted by atomic mass is 79.9. The minimum atomic E-state index is 0.589. The van der Waals surface area contributed by atoms with Gasteiger partial charge in [0.15, 0.2) is 0 Å². The average molecular weight is 357 g/mol. The van der Waals surface area contributed by atoms with Gasteiger partial charge in [-0.1, -0.05) is 20.8 Å². The van der Waals surface area contributed by atoms with E-state index >= 15 is 0 Å². The number of hydrogen-bond donors (Lipinski definition) is 1. The molecule has 0 amide bonds. The Balaban J connectivity index is 2.18. The molecule has 5 heteroatoms. The highest BCUT2D eigenvalue weighted by Crippen LogP contribution is 2.25. The van der Waals surface area contributed by atoms with Crippen molar-refractivity contribution in [2.24, 2.45) is 5.92 Å². The summed E-state index contributed by atoms with van der Waals surface area (Å²) in [5.74, 6) is 0.673. The van der Waals surface area contributed by atoms with Gasteiger partial charge in [0.25, 0.3) is 0 Å². The van der Waals surface area contributed by atoms with Gasteiger partial charge in [0, 0.05) is 38.3 Å². The van der Waals surface area contributed by atoms with E-state index in [1.165, 1.54) is 16.6 Å². The van der Waals surface area contributed by atoms with Crippen LogP contribution in [0.3, 0.4) is 0 Å². The molecule has 2 atom stereocenters. The third-order valence-corrected chi connectivity index (χ3v) is 5.68. The van der Waals surface area contributed by atoms with Gasteiger partial charge in [0.2, 0.25) is 0 Å². The lowest BCUT2D eigenvalue weighted by molar-refractivity contribution is 0.100. The Kier molecular flexibility index (Phi) is 5.86. The van der Waals surface area contributed by atoms with Gasteiger partial charge in [0.1, 0.15) is 0 Å². The van der Waals surface area contributed by atoms with Crippen molar-refractivity contribution in [3.63, 3.8) is 0 Å². The van der Waals surface area contributed by atoms with E-state index in [0.29, 0.717) is 18.0 Å². The number of rotatable bonds is 5. The minimum absolute atomic E-state index is 0.589. The molecule has 1 saturated heterocycles. The third kappa shape index (κ3) is 3.69. The quantitative estimate of drug-likeness (QED) is 0.879. The van der Waals surface area contributed by atoms with Crippen molar-refractivity contribution >= 4 is 15.9 Å². The van der Waals surface area contributed by atoms with Gasteiger partial charge in [-0.15, -0.1) is 0 Å². The van der Waals surface area contributed by atoms with Crippen LogP contribution in [0.5, 0.6) is 0 Å². The molecule has 0 aromatic carbocycles. The Morgan fingerprint density at radius 2 is 2.10 bits per heavy atom. The standard InChI is InChI=1S/C16H29BrN4/c1-6-13-8-18-14(11(3)4)9-20(13)10-15-16(17)12(5)19-21(15)7-2/h11,13-14,18H,6-10H2,1-5H3. The SMILES string of the molecule is CCC1CNC(C(C)C)CN1Cc1c(Br)c(C)nn1CC. The van der Waals surface area contributed by atoms with Crippen LogP contribution in [0.15, 0.2) is 4.47 Å². The molecule has 0 aliphatic carbocycles. The molecule has 21 heavy (non-hydrogen) atoms. The maximum Gasteiger partial charge on any atom is 0.0739 e.